The van der Waals surface area contributed by atoms with Gasteiger partial charge in [-0.15, -0.1) is 12.8 Å². The van der Waals surface area contributed by atoms with E-state index < -0.39 is 0 Å². The highest BCUT2D eigenvalue weighted by Gasteiger charge is 2.18. The molecular formula is C30H31ClN4. The van der Waals surface area contributed by atoms with Gasteiger partial charge in [-0.3, -0.25) is 4.68 Å². The summed E-state index contributed by atoms with van der Waals surface area (Å²) in [6.07, 6.45) is 11.7. The number of benzene rings is 3. The van der Waals surface area contributed by atoms with Crippen molar-refractivity contribution in [2.45, 2.75) is 19.9 Å². The number of rotatable bonds is 7. The number of nitrogens with zero attached hydrogens (tertiary/aromatic N) is 3. The van der Waals surface area contributed by atoms with Gasteiger partial charge in [0.05, 0.1) is 11.7 Å². The van der Waals surface area contributed by atoms with Gasteiger partial charge in [0, 0.05) is 47.9 Å². The first-order chi connectivity index (χ1) is 16.9. The molecule has 1 N–H and O–H groups in total. The second kappa shape index (κ2) is 11.5. The molecule has 0 aliphatic rings. The van der Waals surface area contributed by atoms with E-state index in [-0.39, 0.29) is 6.04 Å². The maximum absolute atomic E-state index is 6.74. The Balaban J connectivity index is 0.00000167. The lowest BCUT2D eigenvalue weighted by molar-refractivity contribution is 0.571. The lowest BCUT2D eigenvalue weighted by Gasteiger charge is -2.25. The molecule has 0 bridgehead atoms. The number of aromatic nitrogens is 2. The summed E-state index contributed by atoms with van der Waals surface area (Å²) in [6, 6.07) is 23.1. The maximum Gasteiger partial charge on any atom is 0.0747 e. The van der Waals surface area contributed by atoms with E-state index in [4.69, 9.17) is 11.6 Å². The highest BCUT2D eigenvalue weighted by molar-refractivity contribution is 6.32. The molecule has 0 amide bonds. The van der Waals surface area contributed by atoms with Crippen molar-refractivity contribution >= 4 is 34.7 Å². The average molecular weight is 483 g/mol. The molecule has 5 heteroatoms. The zero-order chi connectivity index (χ0) is 25.5. The molecule has 1 aromatic heterocycles. The van der Waals surface area contributed by atoms with Crippen LogP contribution in [-0.2, 0) is 0 Å². The topological polar surface area (TPSA) is 33.1 Å². The molecule has 0 spiro atoms. The SMILES string of the molecule is C#C.C=Cc1ccc(N(C)c2cc(-c3ccnn3C(C)c3ccccc3)cc(Cl)c2C)cc1NC. The van der Waals surface area contributed by atoms with Gasteiger partial charge in [0.1, 0.15) is 0 Å². The predicted molar refractivity (Wildman–Crippen MR) is 152 cm³/mol. The van der Waals surface area contributed by atoms with Gasteiger partial charge in [-0.05, 0) is 60.9 Å². The fourth-order valence-electron chi connectivity index (χ4n) is 4.17. The summed E-state index contributed by atoms with van der Waals surface area (Å²) in [5, 5.41) is 8.62. The Hall–Kier alpha value is -3.94. The Morgan fingerprint density at radius 1 is 1.09 bits per heavy atom. The fraction of sp³-hybridized carbons (Fsp3) is 0.167. The van der Waals surface area contributed by atoms with Crippen molar-refractivity contribution in [3.05, 3.63) is 101 Å². The first-order valence-corrected chi connectivity index (χ1v) is 11.7. The number of hydrogen-bond donors (Lipinski definition) is 1. The number of halogens is 1. The van der Waals surface area contributed by atoms with Crippen LogP contribution >= 0.6 is 11.6 Å². The molecule has 178 valence electrons. The third-order valence-electron chi connectivity index (χ3n) is 6.21. The van der Waals surface area contributed by atoms with Gasteiger partial charge < -0.3 is 10.2 Å². The minimum Gasteiger partial charge on any atom is -0.388 e. The number of anilines is 3. The lowest BCUT2D eigenvalue weighted by atomic mass is 10.0. The first-order valence-electron chi connectivity index (χ1n) is 11.3. The third kappa shape index (κ3) is 5.26. The molecule has 0 aliphatic heterocycles. The molecule has 4 rings (SSSR count). The van der Waals surface area contributed by atoms with Crippen LogP contribution in [0, 0.1) is 19.8 Å². The molecule has 3 aromatic carbocycles. The van der Waals surface area contributed by atoms with Gasteiger partial charge >= 0.3 is 0 Å². The summed E-state index contributed by atoms with van der Waals surface area (Å²) in [6.45, 7) is 8.12. The minimum atomic E-state index is 0.0992. The molecule has 0 radical (unpaired) electrons. The number of hydrogen-bond acceptors (Lipinski definition) is 3. The van der Waals surface area contributed by atoms with Gasteiger partial charge in [0.2, 0.25) is 0 Å². The first kappa shape index (κ1) is 25.7. The molecule has 35 heavy (non-hydrogen) atoms. The maximum atomic E-state index is 6.74. The van der Waals surface area contributed by atoms with E-state index in [2.05, 4.69) is 109 Å². The van der Waals surface area contributed by atoms with E-state index in [1.807, 2.05) is 37.5 Å². The van der Waals surface area contributed by atoms with Crippen LogP contribution in [0.15, 0.2) is 79.5 Å². The van der Waals surface area contributed by atoms with Gasteiger partial charge in [0.25, 0.3) is 0 Å². The Bertz CT molecular complexity index is 1320. The molecule has 0 saturated heterocycles. The highest BCUT2D eigenvalue weighted by Crippen LogP contribution is 2.38. The Labute approximate surface area is 213 Å². The summed E-state index contributed by atoms with van der Waals surface area (Å²) in [5.41, 5.74) is 8.51. The van der Waals surface area contributed by atoms with Crippen molar-refractivity contribution in [1.82, 2.24) is 9.78 Å². The summed E-state index contributed by atoms with van der Waals surface area (Å²) in [4.78, 5) is 2.17. The predicted octanol–water partition coefficient (Wildman–Crippen LogP) is 7.82. The van der Waals surface area contributed by atoms with Crippen LogP contribution in [-0.4, -0.2) is 23.9 Å². The Kier molecular flexibility index (Phi) is 8.41. The summed E-state index contributed by atoms with van der Waals surface area (Å²) in [7, 11) is 3.98. The van der Waals surface area contributed by atoms with Crippen molar-refractivity contribution in [3.63, 3.8) is 0 Å². The van der Waals surface area contributed by atoms with Crippen LogP contribution in [0.5, 0.6) is 0 Å². The second-order valence-electron chi connectivity index (χ2n) is 8.13. The second-order valence-corrected chi connectivity index (χ2v) is 8.54. The highest BCUT2D eigenvalue weighted by atomic mass is 35.5. The van der Waals surface area contributed by atoms with Crippen molar-refractivity contribution in [2.75, 3.05) is 24.3 Å². The number of nitrogens with one attached hydrogen (secondary N) is 1. The molecule has 0 fully saturated rings. The van der Waals surface area contributed by atoms with Crippen LogP contribution in [0.25, 0.3) is 17.3 Å². The standard InChI is InChI=1S/C28H29ClN4.C2H2/c1-6-21-12-13-24(18-26(21)30-4)32(5)28-17-23(16-25(29)19(28)2)27-14-15-31-33(27)20(3)22-10-8-7-9-11-22;1-2/h6-18,20,30H,1H2,2-5H3;1-2H. The molecule has 1 atom stereocenters. The molecule has 0 saturated carbocycles. The normalized spacial score (nSPS) is 11.2. The van der Waals surface area contributed by atoms with E-state index in [0.29, 0.717) is 0 Å². The smallest absolute Gasteiger partial charge is 0.0747 e. The van der Waals surface area contributed by atoms with Gasteiger partial charge in [-0.1, -0.05) is 60.7 Å². The van der Waals surface area contributed by atoms with E-state index in [1.54, 1.807) is 0 Å². The van der Waals surface area contributed by atoms with Crippen molar-refractivity contribution in [1.29, 1.82) is 0 Å². The molecule has 4 nitrogen and oxygen atoms in total. The average Bonchev–Trinajstić information content (AvgIpc) is 3.40. The fourth-order valence-corrected chi connectivity index (χ4v) is 4.39. The molecule has 0 aliphatic carbocycles. The van der Waals surface area contributed by atoms with Gasteiger partial charge in [-0.2, -0.15) is 5.10 Å². The van der Waals surface area contributed by atoms with Crippen molar-refractivity contribution < 1.29 is 0 Å². The minimum absolute atomic E-state index is 0.0992. The zero-order valence-corrected chi connectivity index (χ0v) is 21.4. The van der Waals surface area contributed by atoms with E-state index >= 15 is 0 Å². The summed E-state index contributed by atoms with van der Waals surface area (Å²) in [5.74, 6) is 0. The van der Waals surface area contributed by atoms with E-state index in [1.165, 1.54) is 5.56 Å². The van der Waals surface area contributed by atoms with Crippen LogP contribution in [0.3, 0.4) is 0 Å². The Morgan fingerprint density at radius 2 is 1.80 bits per heavy atom. The molecule has 1 heterocycles. The van der Waals surface area contributed by atoms with Crippen molar-refractivity contribution in [2.24, 2.45) is 0 Å². The van der Waals surface area contributed by atoms with Gasteiger partial charge in [-0.25, -0.2) is 0 Å². The third-order valence-corrected chi connectivity index (χ3v) is 6.60. The molecular weight excluding hydrogens is 452 g/mol. The van der Waals surface area contributed by atoms with Crippen LogP contribution in [0.1, 0.15) is 29.7 Å². The zero-order valence-electron chi connectivity index (χ0n) is 20.7. The largest absolute Gasteiger partial charge is 0.388 e. The van der Waals surface area contributed by atoms with Crippen LogP contribution < -0.4 is 10.2 Å². The monoisotopic (exact) mass is 482 g/mol. The summed E-state index contributed by atoms with van der Waals surface area (Å²) >= 11 is 6.74. The quantitative estimate of drug-likeness (QED) is 0.272. The van der Waals surface area contributed by atoms with Crippen LogP contribution in [0.4, 0.5) is 17.1 Å². The van der Waals surface area contributed by atoms with E-state index in [9.17, 15) is 0 Å². The van der Waals surface area contributed by atoms with Gasteiger partial charge in [0.15, 0.2) is 0 Å². The van der Waals surface area contributed by atoms with Crippen LogP contribution in [0.2, 0.25) is 5.02 Å². The molecule has 1 unspecified atom stereocenters. The summed E-state index contributed by atoms with van der Waals surface area (Å²) < 4.78 is 2.05. The Morgan fingerprint density at radius 3 is 2.46 bits per heavy atom. The van der Waals surface area contributed by atoms with Crippen molar-refractivity contribution in [3.8, 4) is 24.1 Å². The molecule has 4 aromatic rings. The number of terminal acetylenes is 1. The lowest BCUT2D eigenvalue weighted by Crippen LogP contribution is -2.13. The van der Waals surface area contributed by atoms with E-state index in [0.717, 1.165) is 44.5 Å².